The van der Waals surface area contributed by atoms with Crippen LogP contribution in [0.5, 0.6) is 5.75 Å². The minimum atomic E-state index is -3.85. The Morgan fingerprint density at radius 3 is 2.33 bits per heavy atom. The molecule has 0 unspecified atom stereocenters. The number of ether oxygens (including phenoxy) is 1. The number of benzene rings is 1. The number of carbonyl (C=O) groups excluding carboxylic acids is 1. The number of sulfonamides is 1. The molecule has 8 heteroatoms. The van der Waals surface area contributed by atoms with Crippen molar-refractivity contribution >= 4 is 15.9 Å². The number of nitrogens with zero attached hydrogens (tertiary/aromatic N) is 1. The Bertz CT molecular complexity index is 659. The first-order valence-electron chi connectivity index (χ1n) is 9.47. The van der Waals surface area contributed by atoms with E-state index >= 15 is 0 Å². The number of amides is 1. The Labute approximate surface area is 162 Å². The Balaban J connectivity index is 2.73. The molecule has 2 N–H and O–H groups in total. The molecule has 0 saturated heterocycles. The highest BCUT2D eigenvalue weighted by atomic mass is 32.2. The molecule has 0 saturated carbocycles. The first-order valence-corrected chi connectivity index (χ1v) is 10.9. The van der Waals surface area contributed by atoms with Crippen LogP contribution in [0.2, 0.25) is 0 Å². The highest BCUT2D eigenvalue weighted by Gasteiger charge is 2.27. The molecule has 154 valence electrons. The quantitative estimate of drug-likeness (QED) is 0.301. The highest BCUT2D eigenvalue weighted by molar-refractivity contribution is 7.89. The zero-order valence-electron chi connectivity index (χ0n) is 16.5. The summed E-state index contributed by atoms with van der Waals surface area (Å²) in [6.07, 6.45) is 5.72. The summed E-state index contributed by atoms with van der Waals surface area (Å²) in [4.78, 5) is 11.5. The maximum atomic E-state index is 12.8. The van der Waals surface area contributed by atoms with Gasteiger partial charge in [-0.05, 0) is 36.6 Å². The lowest BCUT2D eigenvalue weighted by atomic mass is 10.2. The maximum Gasteiger partial charge on any atom is 0.258 e. The number of unbranched alkanes of at least 4 members (excludes halogenated alkanes) is 4. The van der Waals surface area contributed by atoms with Gasteiger partial charge < -0.3 is 4.74 Å². The van der Waals surface area contributed by atoms with Crippen molar-refractivity contribution in [3.63, 3.8) is 0 Å². The Hall–Kier alpha value is -1.64. The number of rotatable bonds is 13. The van der Waals surface area contributed by atoms with E-state index < -0.39 is 22.5 Å². The monoisotopic (exact) mass is 400 g/mol. The van der Waals surface area contributed by atoms with Crippen LogP contribution in [0.25, 0.3) is 0 Å². The summed E-state index contributed by atoms with van der Waals surface area (Å²) in [6.45, 7) is 6.23. The molecular weight excluding hydrogens is 368 g/mol. The number of hydrogen-bond donors (Lipinski definition) is 2. The molecule has 7 nitrogen and oxygen atoms in total. The summed E-state index contributed by atoms with van der Waals surface area (Å²) in [5.74, 6) is -0.128. The number of nitrogens with one attached hydrogen (secondary N) is 1. The van der Waals surface area contributed by atoms with Crippen LogP contribution in [0.1, 0.15) is 52.9 Å². The van der Waals surface area contributed by atoms with Crippen LogP contribution in [0, 0.1) is 5.92 Å². The Kier molecular flexibility index (Phi) is 10.4. The minimum Gasteiger partial charge on any atom is -0.494 e. The van der Waals surface area contributed by atoms with Gasteiger partial charge in [0.05, 0.1) is 18.0 Å². The molecule has 1 aromatic carbocycles. The fourth-order valence-electron chi connectivity index (χ4n) is 2.60. The average Bonchev–Trinajstić information content (AvgIpc) is 2.64. The van der Waals surface area contributed by atoms with Crippen molar-refractivity contribution in [2.24, 2.45) is 5.92 Å². The second-order valence-corrected chi connectivity index (χ2v) is 8.90. The third-order valence-electron chi connectivity index (χ3n) is 3.99. The van der Waals surface area contributed by atoms with Crippen molar-refractivity contribution in [3.8, 4) is 5.75 Å². The molecule has 0 spiro atoms. The van der Waals surface area contributed by atoms with Crippen molar-refractivity contribution in [2.45, 2.75) is 57.8 Å². The zero-order chi connectivity index (χ0) is 20.3. The molecule has 0 aliphatic carbocycles. The van der Waals surface area contributed by atoms with E-state index in [2.05, 4.69) is 6.92 Å². The van der Waals surface area contributed by atoms with Crippen molar-refractivity contribution in [2.75, 3.05) is 19.7 Å². The molecule has 0 aromatic heterocycles. The molecule has 0 radical (unpaired) electrons. The second kappa shape index (κ2) is 11.9. The summed E-state index contributed by atoms with van der Waals surface area (Å²) in [6, 6.07) is 6.20. The van der Waals surface area contributed by atoms with Crippen LogP contribution in [-0.4, -0.2) is 43.5 Å². The Morgan fingerprint density at radius 2 is 1.78 bits per heavy atom. The fourth-order valence-corrected chi connectivity index (χ4v) is 4.16. The van der Waals surface area contributed by atoms with Gasteiger partial charge in [-0.3, -0.25) is 10.0 Å². The van der Waals surface area contributed by atoms with Gasteiger partial charge in [0.1, 0.15) is 5.75 Å². The molecule has 0 aliphatic rings. The largest absolute Gasteiger partial charge is 0.494 e. The van der Waals surface area contributed by atoms with Gasteiger partial charge in [0.2, 0.25) is 10.0 Å². The fraction of sp³-hybridized carbons (Fsp3) is 0.632. The highest BCUT2D eigenvalue weighted by Crippen LogP contribution is 2.21. The Morgan fingerprint density at radius 1 is 1.15 bits per heavy atom. The van der Waals surface area contributed by atoms with E-state index in [1.54, 1.807) is 12.1 Å². The van der Waals surface area contributed by atoms with E-state index in [0.717, 1.165) is 17.1 Å². The molecule has 1 aromatic rings. The molecule has 27 heavy (non-hydrogen) atoms. The summed E-state index contributed by atoms with van der Waals surface area (Å²) < 4.78 is 32.3. The van der Waals surface area contributed by atoms with Gasteiger partial charge in [-0.15, -0.1) is 0 Å². The lowest BCUT2D eigenvalue weighted by molar-refractivity contribution is -0.129. The van der Waals surface area contributed by atoms with Crippen LogP contribution >= 0.6 is 0 Å². The molecule has 0 heterocycles. The predicted molar refractivity (Wildman–Crippen MR) is 104 cm³/mol. The predicted octanol–water partition coefficient (Wildman–Crippen LogP) is 3.19. The summed E-state index contributed by atoms with van der Waals surface area (Å²) in [5.41, 5.74) is 1.48. The maximum absolute atomic E-state index is 12.8. The van der Waals surface area contributed by atoms with E-state index in [1.165, 1.54) is 36.9 Å². The van der Waals surface area contributed by atoms with Gasteiger partial charge in [-0.1, -0.05) is 46.5 Å². The molecule has 0 bridgehead atoms. The number of carbonyl (C=O) groups is 1. The van der Waals surface area contributed by atoms with Crippen LogP contribution < -0.4 is 10.2 Å². The molecular formula is C19H32N2O5S. The number of hydrogen-bond acceptors (Lipinski definition) is 5. The third-order valence-corrected chi connectivity index (χ3v) is 5.82. The van der Waals surface area contributed by atoms with Gasteiger partial charge in [0, 0.05) is 6.54 Å². The smallest absolute Gasteiger partial charge is 0.258 e. The molecule has 0 aliphatic heterocycles. The average molecular weight is 401 g/mol. The van der Waals surface area contributed by atoms with Crippen LogP contribution in [-0.2, 0) is 14.8 Å². The van der Waals surface area contributed by atoms with Crippen LogP contribution in [0.3, 0.4) is 0 Å². The van der Waals surface area contributed by atoms with Crippen LogP contribution in [0.15, 0.2) is 29.2 Å². The molecule has 1 rings (SSSR count). The summed E-state index contributed by atoms with van der Waals surface area (Å²) in [5, 5.41) is 8.70. The lowest BCUT2D eigenvalue weighted by Gasteiger charge is -2.23. The third kappa shape index (κ3) is 8.28. The SMILES string of the molecule is CCCCCCCOc1ccc(S(=O)(=O)N(CC(=O)NO)CC(C)C)cc1. The van der Waals surface area contributed by atoms with Gasteiger partial charge in [0.25, 0.3) is 5.91 Å². The standard InChI is InChI=1S/C19H32N2O5S/c1-4-5-6-7-8-13-26-17-9-11-18(12-10-17)27(24,25)21(14-16(2)3)15-19(22)20-23/h9-12,16,23H,4-8,13-15H2,1-3H3,(H,20,22). The molecule has 0 fully saturated rings. The van der Waals surface area contributed by atoms with E-state index in [-0.39, 0.29) is 17.4 Å². The first kappa shape index (κ1) is 23.4. The van der Waals surface area contributed by atoms with Crippen LogP contribution in [0.4, 0.5) is 0 Å². The van der Waals surface area contributed by atoms with Crippen molar-refractivity contribution < 1.29 is 23.2 Å². The second-order valence-electron chi connectivity index (χ2n) is 6.96. The van der Waals surface area contributed by atoms with E-state index in [4.69, 9.17) is 9.94 Å². The number of hydroxylamine groups is 1. The van der Waals surface area contributed by atoms with Gasteiger partial charge >= 0.3 is 0 Å². The minimum absolute atomic E-state index is 0.0292. The summed E-state index contributed by atoms with van der Waals surface area (Å²) in [7, 11) is -3.85. The zero-order valence-corrected chi connectivity index (χ0v) is 17.3. The van der Waals surface area contributed by atoms with E-state index in [9.17, 15) is 13.2 Å². The van der Waals surface area contributed by atoms with E-state index in [1.807, 2.05) is 13.8 Å². The lowest BCUT2D eigenvalue weighted by Crippen LogP contribution is -2.41. The van der Waals surface area contributed by atoms with Gasteiger partial charge in [0.15, 0.2) is 0 Å². The topological polar surface area (TPSA) is 95.9 Å². The normalized spacial score (nSPS) is 11.8. The molecule has 0 atom stereocenters. The van der Waals surface area contributed by atoms with E-state index in [0.29, 0.717) is 12.4 Å². The summed E-state index contributed by atoms with van der Waals surface area (Å²) >= 11 is 0. The van der Waals surface area contributed by atoms with Gasteiger partial charge in [-0.25, -0.2) is 13.9 Å². The first-order chi connectivity index (χ1) is 12.8. The van der Waals surface area contributed by atoms with Gasteiger partial charge in [-0.2, -0.15) is 4.31 Å². The molecule has 1 amide bonds. The van der Waals surface area contributed by atoms with Crippen molar-refractivity contribution in [1.82, 2.24) is 9.79 Å². The van der Waals surface area contributed by atoms with Crippen molar-refractivity contribution in [1.29, 1.82) is 0 Å². The van der Waals surface area contributed by atoms with Crippen molar-refractivity contribution in [3.05, 3.63) is 24.3 Å².